The second-order valence-corrected chi connectivity index (χ2v) is 6.50. The number of hydrogen-bond donors (Lipinski definition) is 0. The van der Waals surface area contributed by atoms with Gasteiger partial charge in [0.05, 0.1) is 4.90 Å². The maximum absolute atomic E-state index is 12.6. The van der Waals surface area contributed by atoms with E-state index in [9.17, 15) is 17.2 Å². The van der Waals surface area contributed by atoms with E-state index in [2.05, 4.69) is 0 Å². The molecule has 18 heavy (non-hydrogen) atoms. The molecule has 0 saturated heterocycles. The predicted molar refractivity (Wildman–Crippen MR) is 68.0 cm³/mol. The molecular formula is C12H15ClF2O2S. The third kappa shape index (κ3) is 3.01. The molecule has 0 heterocycles. The summed E-state index contributed by atoms with van der Waals surface area (Å²) in [6.07, 6.45) is 0.631. The van der Waals surface area contributed by atoms with Crippen LogP contribution in [0.15, 0.2) is 29.2 Å². The molecule has 0 aliphatic carbocycles. The normalized spacial score (nSPS) is 15.7. The minimum absolute atomic E-state index is 0.293. The van der Waals surface area contributed by atoms with E-state index in [4.69, 9.17) is 11.6 Å². The molecule has 102 valence electrons. The zero-order valence-corrected chi connectivity index (χ0v) is 11.7. The Morgan fingerprint density at radius 1 is 1.28 bits per heavy atom. The number of sulfone groups is 1. The van der Waals surface area contributed by atoms with Gasteiger partial charge in [-0.15, -0.1) is 11.6 Å². The Morgan fingerprint density at radius 2 is 1.83 bits per heavy atom. The van der Waals surface area contributed by atoms with Crippen molar-refractivity contribution in [2.75, 3.05) is 0 Å². The molecular weight excluding hydrogens is 282 g/mol. The van der Waals surface area contributed by atoms with Gasteiger partial charge in [0.25, 0.3) is 0 Å². The quantitative estimate of drug-likeness (QED) is 0.774. The van der Waals surface area contributed by atoms with E-state index in [1.807, 2.05) is 6.92 Å². The Kier molecular flexibility index (Phi) is 5.10. The number of hydrogen-bond acceptors (Lipinski definition) is 2. The Labute approximate surface area is 111 Å². The highest BCUT2D eigenvalue weighted by Crippen LogP contribution is 2.32. The van der Waals surface area contributed by atoms with Crippen LogP contribution in [-0.4, -0.2) is 19.6 Å². The first-order valence-corrected chi connectivity index (χ1v) is 7.55. The molecule has 0 N–H and O–H groups in total. The van der Waals surface area contributed by atoms with Crippen molar-refractivity contribution in [1.29, 1.82) is 0 Å². The van der Waals surface area contributed by atoms with Crippen LogP contribution < -0.4 is 0 Å². The van der Waals surface area contributed by atoms with Gasteiger partial charge in [0.15, 0.2) is 0 Å². The second-order valence-electron chi connectivity index (χ2n) is 4.06. The number of benzene rings is 1. The molecule has 0 spiro atoms. The third-order valence-corrected chi connectivity index (χ3v) is 5.02. The topological polar surface area (TPSA) is 34.1 Å². The van der Waals surface area contributed by atoms with E-state index >= 15 is 0 Å². The van der Waals surface area contributed by atoms with E-state index < -0.39 is 15.6 Å². The summed E-state index contributed by atoms with van der Waals surface area (Å²) >= 11 is 6.07. The van der Waals surface area contributed by atoms with E-state index in [1.54, 1.807) is 13.0 Å². The van der Waals surface area contributed by atoms with Gasteiger partial charge in [-0.1, -0.05) is 32.0 Å². The average molecular weight is 297 g/mol. The lowest BCUT2D eigenvalue weighted by atomic mass is 9.96. The largest absolute Gasteiger partial charge is 0.341 e. The van der Waals surface area contributed by atoms with Gasteiger partial charge < -0.3 is 0 Å². The Balaban J connectivity index is 3.32. The van der Waals surface area contributed by atoms with Crippen LogP contribution in [-0.2, 0) is 9.84 Å². The van der Waals surface area contributed by atoms with Crippen LogP contribution in [0.1, 0.15) is 31.7 Å². The van der Waals surface area contributed by atoms with Gasteiger partial charge in [-0.2, -0.15) is 8.78 Å². The molecule has 0 saturated carbocycles. The van der Waals surface area contributed by atoms with Crippen LogP contribution in [0.25, 0.3) is 0 Å². The van der Waals surface area contributed by atoms with Crippen molar-refractivity contribution in [3.63, 3.8) is 0 Å². The molecule has 1 aromatic carbocycles. The first-order chi connectivity index (χ1) is 8.32. The van der Waals surface area contributed by atoms with Crippen molar-refractivity contribution in [2.24, 2.45) is 0 Å². The second kappa shape index (κ2) is 5.97. The fourth-order valence-electron chi connectivity index (χ4n) is 1.76. The summed E-state index contributed by atoms with van der Waals surface area (Å²) in [5, 5.41) is -0.293. The fraction of sp³-hybridized carbons (Fsp3) is 0.500. The summed E-state index contributed by atoms with van der Waals surface area (Å²) < 4.78 is 48.4. The smallest absolute Gasteiger partial charge is 0.218 e. The van der Waals surface area contributed by atoms with Crippen molar-refractivity contribution >= 4 is 21.4 Å². The SMILES string of the molecule is CCC(Cl)C(C)c1ccccc1S(=O)(=O)C(F)F. The van der Waals surface area contributed by atoms with Crippen molar-refractivity contribution in [3.8, 4) is 0 Å². The lowest BCUT2D eigenvalue weighted by Gasteiger charge is -2.20. The number of halogens is 3. The van der Waals surface area contributed by atoms with E-state index in [1.165, 1.54) is 18.2 Å². The highest BCUT2D eigenvalue weighted by molar-refractivity contribution is 7.91. The lowest BCUT2D eigenvalue weighted by Crippen LogP contribution is -2.17. The highest BCUT2D eigenvalue weighted by atomic mass is 35.5. The van der Waals surface area contributed by atoms with Crippen molar-refractivity contribution in [2.45, 2.75) is 42.2 Å². The van der Waals surface area contributed by atoms with E-state index in [0.717, 1.165) is 0 Å². The van der Waals surface area contributed by atoms with Gasteiger partial charge in [0.2, 0.25) is 9.84 Å². The Morgan fingerprint density at radius 3 is 2.33 bits per heavy atom. The summed E-state index contributed by atoms with van der Waals surface area (Å²) in [5.74, 6) is -3.72. The van der Waals surface area contributed by atoms with Crippen LogP contribution in [0, 0.1) is 0 Å². The number of rotatable bonds is 5. The maximum atomic E-state index is 12.6. The molecule has 2 unspecified atom stereocenters. The molecule has 0 aliphatic heterocycles. The number of alkyl halides is 3. The van der Waals surface area contributed by atoms with E-state index in [-0.39, 0.29) is 16.2 Å². The van der Waals surface area contributed by atoms with Crippen LogP contribution in [0.4, 0.5) is 8.78 Å². The lowest BCUT2D eigenvalue weighted by molar-refractivity contribution is 0.234. The monoisotopic (exact) mass is 296 g/mol. The van der Waals surface area contributed by atoms with Crippen LogP contribution >= 0.6 is 11.6 Å². The van der Waals surface area contributed by atoms with Crippen LogP contribution in [0.3, 0.4) is 0 Å². The zero-order valence-electron chi connectivity index (χ0n) is 10.1. The molecule has 0 bridgehead atoms. The van der Waals surface area contributed by atoms with Gasteiger partial charge in [-0.25, -0.2) is 8.42 Å². The minimum atomic E-state index is -4.59. The summed E-state index contributed by atoms with van der Waals surface area (Å²) in [7, 11) is -4.59. The van der Waals surface area contributed by atoms with Crippen molar-refractivity contribution < 1.29 is 17.2 Å². The van der Waals surface area contributed by atoms with E-state index in [0.29, 0.717) is 12.0 Å². The molecule has 6 heteroatoms. The zero-order chi connectivity index (χ0) is 13.9. The first kappa shape index (κ1) is 15.4. The van der Waals surface area contributed by atoms with Gasteiger partial charge in [-0.05, 0) is 24.0 Å². The molecule has 0 radical (unpaired) electrons. The molecule has 0 aliphatic rings. The fourth-order valence-corrected chi connectivity index (χ4v) is 2.94. The van der Waals surface area contributed by atoms with Gasteiger partial charge >= 0.3 is 5.76 Å². The minimum Gasteiger partial charge on any atom is -0.218 e. The molecule has 0 amide bonds. The van der Waals surface area contributed by atoms with Gasteiger partial charge in [0, 0.05) is 5.38 Å². The Hall–Kier alpha value is -0.680. The summed E-state index contributed by atoms with van der Waals surface area (Å²) in [6.45, 7) is 3.60. The molecule has 0 aromatic heterocycles. The molecule has 2 nitrogen and oxygen atoms in total. The Bertz CT molecular complexity index is 503. The molecule has 1 rings (SSSR count). The van der Waals surface area contributed by atoms with Crippen LogP contribution in [0.2, 0.25) is 0 Å². The maximum Gasteiger partial charge on any atom is 0.341 e. The average Bonchev–Trinajstić information content (AvgIpc) is 2.36. The van der Waals surface area contributed by atoms with Gasteiger partial charge in [0.1, 0.15) is 0 Å². The summed E-state index contributed by atoms with van der Waals surface area (Å²) in [5.41, 5.74) is 0.347. The summed E-state index contributed by atoms with van der Waals surface area (Å²) in [4.78, 5) is -0.327. The predicted octanol–water partition coefficient (Wildman–Crippen LogP) is 3.80. The molecule has 0 fully saturated rings. The van der Waals surface area contributed by atoms with Crippen LogP contribution in [0.5, 0.6) is 0 Å². The molecule has 1 aromatic rings. The van der Waals surface area contributed by atoms with Gasteiger partial charge in [-0.3, -0.25) is 0 Å². The van der Waals surface area contributed by atoms with Crippen molar-refractivity contribution in [3.05, 3.63) is 29.8 Å². The standard InChI is InChI=1S/C12H15ClF2O2S/c1-3-10(13)8(2)9-6-4-5-7-11(9)18(16,17)12(14)15/h4-8,10,12H,3H2,1-2H3. The molecule has 2 atom stereocenters. The highest BCUT2D eigenvalue weighted by Gasteiger charge is 2.31. The first-order valence-electron chi connectivity index (χ1n) is 5.57. The third-order valence-electron chi connectivity index (χ3n) is 2.88. The van der Waals surface area contributed by atoms with Crippen molar-refractivity contribution in [1.82, 2.24) is 0 Å². The summed E-state index contributed by atoms with van der Waals surface area (Å²) in [6, 6.07) is 5.79.